The van der Waals surface area contributed by atoms with Gasteiger partial charge in [0.15, 0.2) is 0 Å². The number of amides is 2. The second kappa shape index (κ2) is 8.18. The maximum atomic E-state index is 13.3. The van der Waals surface area contributed by atoms with Crippen molar-refractivity contribution in [2.45, 2.75) is 19.8 Å². The zero-order chi connectivity index (χ0) is 20.4. The summed E-state index contributed by atoms with van der Waals surface area (Å²) in [4.78, 5) is 27.6. The van der Waals surface area contributed by atoms with E-state index in [1.54, 1.807) is 4.90 Å². The quantitative estimate of drug-likeness (QED) is 0.855. The third-order valence-corrected chi connectivity index (χ3v) is 5.25. The molecule has 1 aromatic carbocycles. The van der Waals surface area contributed by atoms with Gasteiger partial charge >= 0.3 is 6.03 Å². The summed E-state index contributed by atoms with van der Waals surface area (Å²) in [7, 11) is 0. The van der Waals surface area contributed by atoms with E-state index in [1.807, 2.05) is 13.0 Å². The lowest BCUT2D eigenvalue weighted by molar-refractivity contribution is 0.208. The maximum absolute atomic E-state index is 13.3. The maximum Gasteiger partial charge on any atom is 0.321 e. The van der Waals surface area contributed by atoms with Crippen molar-refractivity contribution < 1.29 is 13.6 Å². The number of rotatable bonds is 3. The topological polar surface area (TPSA) is 64.6 Å². The van der Waals surface area contributed by atoms with Crippen LogP contribution < -0.4 is 15.1 Å². The Morgan fingerprint density at radius 3 is 2.00 bits per heavy atom. The van der Waals surface area contributed by atoms with Crippen LogP contribution in [-0.4, -0.2) is 60.2 Å². The first-order valence-electron chi connectivity index (χ1n) is 9.85. The van der Waals surface area contributed by atoms with Crippen LogP contribution in [0.25, 0.3) is 0 Å². The number of aryl methyl sites for hydroxylation is 1. The molecule has 29 heavy (non-hydrogen) atoms. The van der Waals surface area contributed by atoms with Crippen molar-refractivity contribution in [2.75, 3.05) is 54.4 Å². The van der Waals surface area contributed by atoms with Gasteiger partial charge in [-0.3, -0.25) is 0 Å². The van der Waals surface area contributed by atoms with Crippen LogP contribution in [0.4, 0.5) is 30.9 Å². The number of hydrogen-bond acceptors (Lipinski definition) is 5. The minimum Gasteiger partial charge on any atom is -0.356 e. The number of hydrogen-bond donors (Lipinski definition) is 1. The fraction of sp³-hybridized carbons (Fsp3) is 0.450. The van der Waals surface area contributed by atoms with Crippen molar-refractivity contribution in [1.29, 1.82) is 0 Å². The van der Waals surface area contributed by atoms with Crippen LogP contribution in [0.5, 0.6) is 0 Å². The molecule has 0 aliphatic carbocycles. The van der Waals surface area contributed by atoms with Crippen molar-refractivity contribution in [3.63, 3.8) is 0 Å². The zero-order valence-electron chi connectivity index (χ0n) is 16.4. The molecule has 7 nitrogen and oxygen atoms in total. The highest BCUT2D eigenvalue weighted by molar-refractivity contribution is 5.89. The largest absolute Gasteiger partial charge is 0.356 e. The highest BCUT2D eigenvalue weighted by Gasteiger charge is 2.24. The first-order chi connectivity index (χ1) is 14.0. The van der Waals surface area contributed by atoms with Gasteiger partial charge in [-0.25, -0.2) is 23.5 Å². The molecular weight excluding hydrogens is 378 g/mol. The highest BCUT2D eigenvalue weighted by atomic mass is 19.1. The Bertz CT molecular complexity index is 874. The van der Waals surface area contributed by atoms with Crippen LogP contribution in [0, 0.1) is 18.6 Å². The highest BCUT2D eigenvalue weighted by Crippen LogP contribution is 2.23. The zero-order valence-corrected chi connectivity index (χ0v) is 16.4. The molecule has 9 heteroatoms. The van der Waals surface area contributed by atoms with Gasteiger partial charge in [0.05, 0.1) is 0 Å². The number of aromatic nitrogens is 2. The molecule has 2 aliphatic rings. The van der Waals surface area contributed by atoms with Gasteiger partial charge in [-0.1, -0.05) is 0 Å². The molecule has 2 aromatic rings. The Morgan fingerprint density at radius 2 is 1.41 bits per heavy atom. The summed E-state index contributed by atoms with van der Waals surface area (Å²) >= 11 is 0. The Hall–Kier alpha value is -2.97. The molecule has 0 radical (unpaired) electrons. The molecule has 2 aliphatic heterocycles. The average Bonchev–Trinajstić information content (AvgIpc) is 3.22. The third-order valence-electron chi connectivity index (χ3n) is 5.25. The minimum atomic E-state index is -0.724. The lowest BCUT2D eigenvalue weighted by Gasteiger charge is -2.35. The van der Waals surface area contributed by atoms with Crippen LogP contribution in [0.15, 0.2) is 24.3 Å². The molecule has 2 saturated heterocycles. The first-order valence-corrected chi connectivity index (χ1v) is 9.85. The summed E-state index contributed by atoms with van der Waals surface area (Å²) in [5.41, 5.74) is 0.108. The number of benzene rings is 1. The SMILES string of the molecule is Cc1nc(N2CCCC2)cc(N2CCN(C(=O)Nc3cc(F)cc(F)c3)CC2)n1. The fourth-order valence-electron chi connectivity index (χ4n) is 3.77. The van der Waals surface area contributed by atoms with Crippen LogP contribution >= 0.6 is 0 Å². The summed E-state index contributed by atoms with van der Waals surface area (Å²) in [6, 6.07) is 4.62. The normalized spacial score (nSPS) is 17.0. The van der Waals surface area contributed by atoms with Crippen LogP contribution in [0.2, 0.25) is 0 Å². The number of piperazine rings is 1. The Kier molecular flexibility index (Phi) is 5.46. The van der Waals surface area contributed by atoms with Gasteiger partial charge in [-0.2, -0.15) is 0 Å². The summed E-state index contributed by atoms with van der Waals surface area (Å²) in [6.45, 7) is 6.17. The molecule has 2 amide bonds. The first kappa shape index (κ1) is 19.4. The van der Waals surface area contributed by atoms with Crippen LogP contribution in [0.1, 0.15) is 18.7 Å². The minimum absolute atomic E-state index is 0.108. The molecule has 1 N–H and O–H groups in total. The molecule has 3 heterocycles. The number of halogens is 2. The Morgan fingerprint density at radius 1 is 0.862 bits per heavy atom. The van der Waals surface area contributed by atoms with Gasteiger partial charge in [0.25, 0.3) is 0 Å². The predicted octanol–water partition coefficient (Wildman–Crippen LogP) is 3.02. The van der Waals surface area contributed by atoms with E-state index in [-0.39, 0.29) is 11.7 Å². The molecule has 0 unspecified atom stereocenters. The van der Waals surface area contributed by atoms with Gasteiger partial charge in [0, 0.05) is 57.1 Å². The van der Waals surface area contributed by atoms with Crippen molar-refractivity contribution >= 4 is 23.4 Å². The van der Waals surface area contributed by atoms with E-state index in [0.29, 0.717) is 26.2 Å². The van der Waals surface area contributed by atoms with E-state index in [4.69, 9.17) is 0 Å². The molecule has 0 atom stereocenters. The monoisotopic (exact) mass is 402 g/mol. The standard InChI is InChI=1S/C20H24F2N6O/c1-14-23-18(26-4-2-3-5-26)13-19(24-14)27-6-8-28(9-7-27)20(29)25-17-11-15(21)10-16(22)12-17/h10-13H,2-9H2,1H3,(H,25,29). The number of nitrogens with one attached hydrogen (secondary N) is 1. The van der Waals surface area contributed by atoms with E-state index in [9.17, 15) is 13.6 Å². The molecule has 4 rings (SSSR count). The Balaban J connectivity index is 1.38. The second-order valence-corrected chi connectivity index (χ2v) is 7.39. The fourth-order valence-corrected chi connectivity index (χ4v) is 3.77. The predicted molar refractivity (Wildman–Crippen MR) is 107 cm³/mol. The number of carbonyl (C=O) groups is 1. The number of nitrogens with zero attached hydrogens (tertiary/aromatic N) is 5. The summed E-state index contributed by atoms with van der Waals surface area (Å²) in [6.07, 6.45) is 2.36. The molecule has 1 aromatic heterocycles. The number of urea groups is 1. The third kappa shape index (κ3) is 4.55. The second-order valence-electron chi connectivity index (χ2n) is 7.39. The smallest absolute Gasteiger partial charge is 0.321 e. The van der Waals surface area contributed by atoms with Crippen molar-refractivity contribution in [2.24, 2.45) is 0 Å². The number of anilines is 3. The molecule has 2 fully saturated rings. The van der Waals surface area contributed by atoms with Crippen LogP contribution in [0.3, 0.4) is 0 Å². The van der Waals surface area contributed by atoms with Crippen molar-refractivity contribution in [3.05, 3.63) is 41.7 Å². The molecule has 154 valence electrons. The number of carbonyl (C=O) groups excluding carboxylic acids is 1. The lowest BCUT2D eigenvalue weighted by atomic mass is 10.3. The van der Waals surface area contributed by atoms with E-state index < -0.39 is 11.6 Å². The van der Waals surface area contributed by atoms with Crippen molar-refractivity contribution in [1.82, 2.24) is 14.9 Å². The van der Waals surface area contributed by atoms with Gasteiger partial charge < -0.3 is 20.0 Å². The van der Waals surface area contributed by atoms with Gasteiger partial charge in [-0.05, 0) is 31.9 Å². The molecule has 0 saturated carbocycles. The van der Waals surface area contributed by atoms with E-state index in [1.165, 1.54) is 12.8 Å². The summed E-state index contributed by atoms with van der Waals surface area (Å²) < 4.78 is 26.6. The lowest BCUT2D eigenvalue weighted by Crippen LogP contribution is -2.50. The average molecular weight is 402 g/mol. The van der Waals surface area contributed by atoms with E-state index in [0.717, 1.165) is 48.7 Å². The van der Waals surface area contributed by atoms with Crippen LogP contribution in [-0.2, 0) is 0 Å². The van der Waals surface area contributed by atoms with Gasteiger partial charge in [-0.15, -0.1) is 0 Å². The van der Waals surface area contributed by atoms with Gasteiger partial charge in [0.1, 0.15) is 29.1 Å². The summed E-state index contributed by atoms with van der Waals surface area (Å²) in [5.74, 6) is 1.11. The molecular formula is C20H24F2N6O. The summed E-state index contributed by atoms with van der Waals surface area (Å²) in [5, 5.41) is 2.56. The van der Waals surface area contributed by atoms with E-state index in [2.05, 4.69) is 25.1 Å². The molecule has 0 spiro atoms. The van der Waals surface area contributed by atoms with E-state index >= 15 is 0 Å². The Labute approximate surface area is 168 Å². The van der Waals surface area contributed by atoms with Crippen molar-refractivity contribution in [3.8, 4) is 0 Å². The molecule has 0 bridgehead atoms. The van der Waals surface area contributed by atoms with Gasteiger partial charge in [0.2, 0.25) is 0 Å².